The Labute approximate surface area is 147 Å². The molecule has 1 aromatic rings. The summed E-state index contributed by atoms with van der Waals surface area (Å²) in [6.45, 7) is 10.8. The van der Waals surface area contributed by atoms with Crippen molar-refractivity contribution in [1.82, 2.24) is 15.1 Å². The monoisotopic (exact) mass is 334 g/mol. The van der Waals surface area contributed by atoms with Crippen molar-refractivity contribution >= 4 is 5.96 Å². The normalized spacial score (nSPS) is 20.3. The topological polar surface area (TPSA) is 44.0 Å². The van der Waals surface area contributed by atoms with Crippen LogP contribution < -0.4 is 5.32 Å². The van der Waals surface area contributed by atoms with E-state index in [4.69, 9.17) is 9.41 Å². The van der Waals surface area contributed by atoms with Crippen LogP contribution in [0.1, 0.15) is 45.8 Å². The highest BCUT2D eigenvalue weighted by Gasteiger charge is 2.25. The standard InChI is InChI=1S/C19H34N4O/c1-5-16(3)21-19(20-12-11-18-10-8-14-24-18)22(4)15-17-9-7-13-23(17)6-2/h8,10,14,16-17H,5-7,9,11-13,15H2,1-4H3,(H,20,21). The molecule has 136 valence electrons. The van der Waals surface area contributed by atoms with Gasteiger partial charge in [-0.3, -0.25) is 9.89 Å². The number of guanidine groups is 1. The van der Waals surface area contributed by atoms with Crippen LogP contribution in [-0.2, 0) is 6.42 Å². The minimum absolute atomic E-state index is 0.431. The molecule has 5 nitrogen and oxygen atoms in total. The Morgan fingerprint density at radius 1 is 1.50 bits per heavy atom. The zero-order chi connectivity index (χ0) is 17.4. The lowest BCUT2D eigenvalue weighted by atomic mass is 10.2. The van der Waals surface area contributed by atoms with Gasteiger partial charge in [-0.1, -0.05) is 13.8 Å². The number of nitrogens with zero attached hydrogens (tertiary/aromatic N) is 3. The summed E-state index contributed by atoms with van der Waals surface area (Å²) in [6.07, 6.45) is 6.27. The lowest BCUT2D eigenvalue weighted by molar-refractivity contribution is 0.232. The van der Waals surface area contributed by atoms with Gasteiger partial charge in [0.05, 0.1) is 6.26 Å². The average Bonchev–Trinajstić information content (AvgIpc) is 3.25. The number of hydrogen-bond donors (Lipinski definition) is 1. The third-order valence-corrected chi connectivity index (χ3v) is 4.94. The van der Waals surface area contributed by atoms with Crippen LogP contribution in [0, 0.1) is 0 Å². The van der Waals surface area contributed by atoms with Crippen molar-refractivity contribution in [1.29, 1.82) is 0 Å². The third-order valence-electron chi connectivity index (χ3n) is 4.94. The smallest absolute Gasteiger partial charge is 0.193 e. The molecule has 0 amide bonds. The number of likely N-dealkylation sites (N-methyl/N-ethyl adjacent to an activating group) is 2. The van der Waals surface area contributed by atoms with Crippen LogP contribution in [0.15, 0.2) is 27.8 Å². The van der Waals surface area contributed by atoms with Crippen LogP contribution in [0.3, 0.4) is 0 Å². The molecular weight excluding hydrogens is 300 g/mol. The van der Waals surface area contributed by atoms with Crippen molar-refractivity contribution in [2.24, 2.45) is 4.99 Å². The maximum Gasteiger partial charge on any atom is 0.193 e. The van der Waals surface area contributed by atoms with Crippen molar-refractivity contribution in [3.63, 3.8) is 0 Å². The molecule has 0 radical (unpaired) electrons. The molecule has 1 saturated heterocycles. The van der Waals surface area contributed by atoms with Gasteiger partial charge in [0.25, 0.3) is 0 Å². The first-order chi connectivity index (χ1) is 11.6. The third kappa shape index (κ3) is 5.55. The van der Waals surface area contributed by atoms with Crippen LogP contribution in [0.4, 0.5) is 0 Å². The van der Waals surface area contributed by atoms with Gasteiger partial charge in [0.2, 0.25) is 0 Å². The SMILES string of the molecule is CCC(C)NC(=NCCc1ccco1)N(C)CC1CCCN1CC. The second kappa shape index (κ2) is 9.72. The highest BCUT2D eigenvalue weighted by Crippen LogP contribution is 2.17. The van der Waals surface area contributed by atoms with E-state index in [0.717, 1.165) is 44.2 Å². The summed E-state index contributed by atoms with van der Waals surface area (Å²) >= 11 is 0. The highest BCUT2D eigenvalue weighted by atomic mass is 16.3. The Kier molecular flexibility index (Phi) is 7.63. The number of hydrogen-bond acceptors (Lipinski definition) is 3. The maximum absolute atomic E-state index is 5.40. The molecule has 1 aliphatic heterocycles. The maximum atomic E-state index is 5.40. The molecule has 0 spiro atoms. The lowest BCUT2D eigenvalue weighted by Gasteiger charge is -2.31. The van der Waals surface area contributed by atoms with Crippen molar-refractivity contribution < 1.29 is 4.42 Å². The summed E-state index contributed by atoms with van der Waals surface area (Å²) in [5.74, 6) is 2.01. The van der Waals surface area contributed by atoms with E-state index >= 15 is 0 Å². The fourth-order valence-corrected chi connectivity index (χ4v) is 3.25. The van der Waals surface area contributed by atoms with Gasteiger partial charge in [0, 0.05) is 38.6 Å². The molecule has 2 atom stereocenters. The summed E-state index contributed by atoms with van der Waals surface area (Å²) in [4.78, 5) is 9.71. The van der Waals surface area contributed by atoms with E-state index in [1.54, 1.807) is 6.26 Å². The van der Waals surface area contributed by atoms with Gasteiger partial charge in [0.1, 0.15) is 5.76 Å². The first-order valence-corrected chi connectivity index (χ1v) is 9.42. The van der Waals surface area contributed by atoms with E-state index in [1.807, 2.05) is 12.1 Å². The van der Waals surface area contributed by atoms with Crippen molar-refractivity contribution in [3.05, 3.63) is 24.2 Å². The van der Waals surface area contributed by atoms with Crippen LogP contribution in [-0.4, -0.2) is 61.1 Å². The fourth-order valence-electron chi connectivity index (χ4n) is 3.25. The van der Waals surface area contributed by atoms with Gasteiger partial charge in [-0.25, -0.2) is 0 Å². The Morgan fingerprint density at radius 3 is 3.00 bits per heavy atom. The molecule has 0 bridgehead atoms. The molecule has 2 heterocycles. The Bertz CT molecular complexity index is 486. The van der Waals surface area contributed by atoms with E-state index in [1.165, 1.54) is 19.4 Å². The summed E-state index contributed by atoms with van der Waals surface area (Å²) < 4.78 is 5.40. The van der Waals surface area contributed by atoms with E-state index in [0.29, 0.717) is 12.1 Å². The summed E-state index contributed by atoms with van der Waals surface area (Å²) in [6, 6.07) is 5.02. The summed E-state index contributed by atoms with van der Waals surface area (Å²) in [7, 11) is 2.16. The number of nitrogens with one attached hydrogen (secondary N) is 1. The van der Waals surface area contributed by atoms with Crippen molar-refractivity contribution in [3.8, 4) is 0 Å². The number of rotatable bonds is 8. The lowest BCUT2D eigenvalue weighted by Crippen LogP contribution is -2.48. The van der Waals surface area contributed by atoms with Gasteiger partial charge >= 0.3 is 0 Å². The van der Waals surface area contributed by atoms with Crippen LogP contribution in [0.2, 0.25) is 0 Å². The van der Waals surface area contributed by atoms with E-state index in [-0.39, 0.29) is 0 Å². The molecule has 24 heavy (non-hydrogen) atoms. The average molecular weight is 335 g/mol. The minimum atomic E-state index is 0.431. The van der Waals surface area contributed by atoms with Gasteiger partial charge < -0.3 is 14.6 Å². The molecule has 5 heteroatoms. The Hall–Kier alpha value is -1.49. The van der Waals surface area contributed by atoms with Gasteiger partial charge in [-0.15, -0.1) is 0 Å². The largest absolute Gasteiger partial charge is 0.469 e. The number of furan rings is 1. The van der Waals surface area contributed by atoms with Crippen LogP contribution >= 0.6 is 0 Å². The summed E-state index contributed by atoms with van der Waals surface area (Å²) in [5.41, 5.74) is 0. The van der Waals surface area contributed by atoms with Gasteiger partial charge in [0.15, 0.2) is 5.96 Å². The molecule has 2 unspecified atom stereocenters. The van der Waals surface area contributed by atoms with Gasteiger partial charge in [-0.05, 0) is 51.4 Å². The minimum Gasteiger partial charge on any atom is -0.469 e. The quantitative estimate of drug-likeness (QED) is 0.586. The zero-order valence-corrected chi connectivity index (χ0v) is 15.8. The molecule has 0 aliphatic carbocycles. The first kappa shape index (κ1) is 18.8. The molecule has 2 rings (SSSR count). The van der Waals surface area contributed by atoms with Gasteiger partial charge in [-0.2, -0.15) is 0 Å². The summed E-state index contributed by atoms with van der Waals surface area (Å²) in [5, 5.41) is 3.58. The molecule has 1 fully saturated rings. The Balaban J connectivity index is 1.95. The molecule has 1 N–H and O–H groups in total. The Morgan fingerprint density at radius 2 is 2.33 bits per heavy atom. The molecule has 0 aromatic carbocycles. The van der Waals surface area contributed by atoms with E-state index in [9.17, 15) is 0 Å². The molecule has 1 aliphatic rings. The van der Waals surface area contributed by atoms with E-state index in [2.05, 4.69) is 42.9 Å². The molecular formula is C19H34N4O. The van der Waals surface area contributed by atoms with Crippen molar-refractivity contribution in [2.45, 2.75) is 58.5 Å². The first-order valence-electron chi connectivity index (χ1n) is 9.42. The van der Waals surface area contributed by atoms with Crippen LogP contribution in [0.25, 0.3) is 0 Å². The van der Waals surface area contributed by atoms with E-state index < -0.39 is 0 Å². The molecule has 1 aromatic heterocycles. The predicted octanol–water partition coefficient (Wildman–Crippen LogP) is 2.98. The van der Waals surface area contributed by atoms with Crippen LogP contribution in [0.5, 0.6) is 0 Å². The number of aliphatic imine (C=N–C) groups is 1. The fraction of sp³-hybridized carbons (Fsp3) is 0.737. The number of likely N-dealkylation sites (tertiary alicyclic amines) is 1. The second-order valence-electron chi connectivity index (χ2n) is 6.79. The second-order valence-corrected chi connectivity index (χ2v) is 6.79. The predicted molar refractivity (Wildman–Crippen MR) is 101 cm³/mol. The zero-order valence-electron chi connectivity index (χ0n) is 15.8. The highest BCUT2D eigenvalue weighted by molar-refractivity contribution is 5.80. The molecule has 0 saturated carbocycles. The van der Waals surface area contributed by atoms with Crippen molar-refractivity contribution in [2.75, 3.05) is 33.2 Å².